The molecule has 0 atom stereocenters. The van der Waals surface area contributed by atoms with E-state index in [1.54, 1.807) is 4.57 Å². The zero-order valence-corrected chi connectivity index (χ0v) is 33.0. The summed E-state index contributed by atoms with van der Waals surface area (Å²) in [5.74, 6) is 1.13. The van der Waals surface area contributed by atoms with Crippen LogP contribution in [0.15, 0.2) is 223 Å². The highest BCUT2D eigenvalue weighted by Crippen LogP contribution is 2.41. The predicted molar refractivity (Wildman–Crippen MR) is 254 cm³/mol. The molecule has 62 heavy (non-hydrogen) atoms. The Morgan fingerprint density at radius 2 is 0.919 bits per heavy atom. The Hall–Kier alpha value is -8.41. The highest BCUT2D eigenvalue weighted by molar-refractivity contribution is 6.11. The number of aromatic nitrogens is 4. The van der Waals surface area contributed by atoms with Crippen LogP contribution in [0.2, 0.25) is 0 Å². The summed E-state index contributed by atoms with van der Waals surface area (Å²) in [5, 5.41) is 2.21. The first-order chi connectivity index (χ1) is 33.2. The summed E-state index contributed by atoms with van der Waals surface area (Å²) >= 11 is 0. The third kappa shape index (κ3) is 6.06. The normalized spacial score (nSPS) is 12.9. The van der Waals surface area contributed by atoms with Gasteiger partial charge in [-0.1, -0.05) is 170 Å². The number of furan rings is 1. The number of rotatable bonds is 7. The fourth-order valence-corrected chi connectivity index (χ4v) is 8.50. The van der Waals surface area contributed by atoms with Gasteiger partial charge in [0, 0.05) is 43.8 Å². The molecule has 12 rings (SSSR count). The van der Waals surface area contributed by atoms with Crippen molar-refractivity contribution in [3.05, 3.63) is 218 Å². The van der Waals surface area contributed by atoms with E-state index in [0.717, 1.165) is 60.9 Å². The summed E-state index contributed by atoms with van der Waals surface area (Å²) in [6.07, 6.45) is 0. The minimum absolute atomic E-state index is 0.0780. The van der Waals surface area contributed by atoms with E-state index in [0.29, 0.717) is 34.3 Å². The van der Waals surface area contributed by atoms with Crippen molar-refractivity contribution >= 4 is 43.7 Å². The van der Waals surface area contributed by atoms with E-state index in [4.69, 9.17) is 22.1 Å². The van der Waals surface area contributed by atoms with Crippen molar-refractivity contribution in [1.82, 2.24) is 19.5 Å². The molecule has 0 unspecified atom stereocenters. The molecule has 0 aliphatic carbocycles. The van der Waals surface area contributed by atoms with Crippen molar-refractivity contribution in [2.24, 2.45) is 0 Å². The van der Waals surface area contributed by atoms with Crippen LogP contribution in [-0.2, 0) is 0 Å². The first-order valence-corrected chi connectivity index (χ1v) is 20.3. The minimum Gasteiger partial charge on any atom is -0.455 e. The van der Waals surface area contributed by atoms with Crippen molar-refractivity contribution in [2.45, 2.75) is 0 Å². The molecule has 290 valence electrons. The van der Waals surface area contributed by atoms with Gasteiger partial charge < -0.3 is 8.98 Å². The number of hydrogen-bond acceptors (Lipinski definition) is 4. The summed E-state index contributed by atoms with van der Waals surface area (Å²) in [6, 6.07) is 57.8. The van der Waals surface area contributed by atoms with E-state index in [-0.39, 0.29) is 58.1 Å². The Labute approximate surface area is 366 Å². The molecule has 0 spiro atoms. The number of benzene rings is 9. The van der Waals surface area contributed by atoms with Gasteiger partial charge in [0.15, 0.2) is 17.5 Å². The van der Waals surface area contributed by atoms with Crippen LogP contribution >= 0.6 is 0 Å². The van der Waals surface area contributed by atoms with Crippen LogP contribution in [0.1, 0.15) is 8.22 Å². The molecular weight excluding hydrogens is 757 g/mol. The van der Waals surface area contributed by atoms with Crippen molar-refractivity contribution in [1.29, 1.82) is 0 Å². The van der Waals surface area contributed by atoms with Gasteiger partial charge >= 0.3 is 0 Å². The van der Waals surface area contributed by atoms with Gasteiger partial charge in [-0.2, -0.15) is 0 Å². The van der Waals surface area contributed by atoms with E-state index in [9.17, 15) is 5.48 Å². The van der Waals surface area contributed by atoms with Crippen molar-refractivity contribution in [3.63, 3.8) is 0 Å². The van der Waals surface area contributed by atoms with Gasteiger partial charge in [0.05, 0.1) is 24.9 Å². The third-order valence-corrected chi connectivity index (χ3v) is 11.4. The lowest BCUT2D eigenvalue weighted by Crippen LogP contribution is -2.04. The fraction of sp³-hybridized carbons (Fsp3) is 0. The van der Waals surface area contributed by atoms with Gasteiger partial charge in [0.2, 0.25) is 0 Å². The maximum atomic E-state index is 9.41. The average Bonchev–Trinajstić information content (AvgIpc) is 3.96. The maximum Gasteiger partial charge on any atom is 0.166 e. The second-order valence-corrected chi connectivity index (χ2v) is 15.1. The van der Waals surface area contributed by atoms with E-state index in [1.807, 2.05) is 127 Å². The lowest BCUT2D eigenvalue weighted by atomic mass is 9.95. The van der Waals surface area contributed by atoms with Crippen LogP contribution in [0.3, 0.4) is 0 Å². The second kappa shape index (κ2) is 14.7. The monoisotopic (exact) mass is 798 g/mol. The first-order valence-electron chi connectivity index (χ1n) is 23.3. The number of fused-ring (bicyclic) bond motifs is 6. The van der Waals surface area contributed by atoms with Gasteiger partial charge in [-0.05, 0) is 76.3 Å². The highest BCUT2D eigenvalue weighted by Gasteiger charge is 2.22. The number of para-hydroxylation sites is 4. The Balaban J connectivity index is 1.19. The Morgan fingerprint density at radius 3 is 1.58 bits per heavy atom. The molecule has 3 heterocycles. The molecule has 0 N–H and O–H groups in total. The van der Waals surface area contributed by atoms with Crippen LogP contribution < -0.4 is 0 Å². The van der Waals surface area contributed by atoms with E-state index in [2.05, 4.69) is 42.5 Å². The molecule has 0 radical (unpaired) electrons. The molecule has 0 fully saturated rings. The van der Waals surface area contributed by atoms with Crippen LogP contribution in [0.25, 0.3) is 117 Å². The van der Waals surface area contributed by atoms with Gasteiger partial charge in [0.25, 0.3) is 0 Å². The van der Waals surface area contributed by atoms with Crippen LogP contribution in [0.4, 0.5) is 0 Å². The fourth-order valence-electron chi connectivity index (χ4n) is 8.50. The van der Waals surface area contributed by atoms with Crippen LogP contribution in [0, 0.1) is 0 Å². The molecule has 0 amide bonds. The van der Waals surface area contributed by atoms with Crippen molar-refractivity contribution < 1.29 is 12.6 Å². The predicted octanol–water partition coefficient (Wildman–Crippen LogP) is 14.9. The zero-order valence-electron chi connectivity index (χ0n) is 39.0. The molecule has 0 saturated heterocycles. The summed E-state index contributed by atoms with van der Waals surface area (Å²) in [4.78, 5) is 15.7. The quantitative estimate of drug-likeness (QED) is 0.161. The van der Waals surface area contributed by atoms with Gasteiger partial charge in [0.1, 0.15) is 11.2 Å². The van der Waals surface area contributed by atoms with Gasteiger partial charge in [-0.25, -0.2) is 15.0 Å². The third-order valence-electron chi connectivity index (χ3n) is 11.4. The lowest BCUT2D eigenvalue weighted by molar-refractivity contribution is 0.670. The van der Waals surface area contributed by atoms with Gasteiger partial charge in [-0.15, -0.1) is 0 Å². The average molecular weight is 799 g/mol. The molecule has 0 aliphatic rings. The maximum absolute atomic E-state index is 9.41. The summed E-state index contributed by atoms with van der Waals surface area (Å²) < 4.78 is 62.8. The Bertz CT molecular complexity index is 3860. The minimum atomic E-state index is -0.204. The first kappa shape index (κ1) is 29.7. The molecule has 0 bridgehead atoms. The van der Waals surface area contributed by atoms with Gasteiger partial charge in [-0.3, -0.25) is 0 Å². The molecule has 3 aromatic heterocycles. The molecule has 5 heteroatoms. The molecule has 12 aromatic rings. The smallest absolute Gasteiger partial charge is 0.166 e. The Kier molecular flexibility index (Phi) is 7.05. The molecule has 0 aliphatic heterocycles. The molecule has 5 nitrogen and oxygen atoms in total. The van der Waals surface area contributed by atoms with Crippen molar-refractivity contribution in [2.75, 3.05) is 0 Å². The molecule has 9 aromatic carbocycles. The topological polar surface area (TPSA) is 56.7 Å². The number of nitrogens with zero attached hydrogens (tertiary/aromatic N) is 4. The lowest BCUT2D eigenvalue weighted by Gasteiger charge is -2.17. The summed E-state index contributed by atoms with van der Waals surface area (Å²) in [5.41, 5.74) is 9.88. The molecular formula is C57H36N4O. The summed E-state index contributed by atoms with van der Waals surface area (Å²) in [7, 11) is 0. The van der Waals surface area contributed by atoms with E-state index >= 15 is 0 Å². The van der Waals surface area contributed by atoms with Crippen LogP contribution in [-0.4, -0.2) is 19.5 Å². The highest BCUT2D eigenvalue weighted by atomic mass is 16.3. The SMILES string of the molecule is [2H]c1cc([2H])c2c(c1[2H])c1c([2H])c([2H])cc([2H])c1n2-c1cc(-c2cccc3c2oc2ccccc23)ccc1-c1nc(-c2ccccc2)nc(-c2cc(-c3ccccc3)cc(-c3ccccc3)c2)n1. The van der Waals surface area contributed by atoms with Crippen LogP contribution in [0.5, 0.6) is 0 Å². The van der Waals surface area contributed by atoms with E-state index < -0.39 is 0 Å². The zero-order chi connectivity index (χ0) is 46.2. The van der Waals surface area contributed by atoms with E-state index in [1.165, 1.54) is 12.1 Å². The van der Waals surface area contributed by atoms with Crippen molar-refractivity contribution in [3.8, 4) is 73.2 Å². The molecule has 0 saturated carbocycles. The number of hydrogen-bond donors (Lipinski definition) is 0. The second-order valence-electron chi connectivity index (χ2n) is 15.1. The largest absolute Gasteiger partial charge is 0.455 e. The standard InChI is InChI=1S/C57H36N4O/c1-4-17-37(18-5-1)41-33-42(38-19-6-2-7-20-38)35-43(34-41)56-58-55(39-21-8-3-9-22-39)59-57(60-56)49-32-31-40(44-26-16-27-48-47-25-12-15-30-53(47)62-54(44)48)36-52(49)61-50-28-13-10-23-45(50)46-24-11-14-29-51(46)61/h1-36H/i10D,11D,23D,24D,28D,29D. The summed E-state index contributed by atoms with van der Waals surface area (Å²) in [6.45, 7) is 0. The Morgan fingerprint density at radius 1 is 0.371 bits per heavy atom.